The molecule has 4 heterocycles. The summed E-state index contributed by atoms with van der Waals surface area (Å²) >= 11 is 0. The van der Waals surface area contributed by atoms with Crippen LogP contribution in [0.2, 0.25) is 0 Å². The Kier molecular flexibility index (Phi) is 6.51. The van der Waals surface area contributed by atoms with E-state index in [0.717, 1.165) is 22.7 Å². The van der Waals surface area contributed by atoms with Gasteiger partial charge in [0, 0.05) is 44.8 Å². The number of ether oxygens (including phenoxy) is 3. The summed E-state index contributed by atoms with van der Waals surface area (Å²) < 4.78 is 19.5. The number of methoxy groups -OCH3 is 1. The molecule has 1 unspecified atom stereocenters. The summed E-state index contributed by atoms with van der Waals surface area (Å²) in [7, 11) is 3.28. The second kappa shape index (κ2) is 9.90. The summed E-state index contributed by atoms with van der Waals surface area (Å²) in [6, 6.07) is 5.30. The largest absolute Gasteiger partial charge is 0.454 e. The maximum absolute atomic E-state index is 13.4. The number of benzene rings is 1. The zero-order valence-corrected chi connectivity index (χ0v) is 20.5. The van der Waals surface area contributed by atoms with Crippen LogP contribution in [-0.2, 0) is 23.1 Å². The van der Waals surface area contributed by atoms with Gasteiger partial charge in [-0.05, 0) is 24.6 Å². The Labute approximate surface area is 208 Å². The number of amides is 2. The summed E-state index contributed by atoms with van der Waals surface area (Å²) in [6.07, 6.45) is 4.76. The van der Waals surface area contributed by atoms with Gasteiger partial charge in [0.25, 0.3) is 0 Å². The molecule has 1 N–H and O–H groups in total. The fraction of sp³-hybridized carbons (Fsp3) is 0.417. The third kappa shape index (κ3) is 4.47. The number of nitrogens with one attached hydrogen (secondary N) is 1. The van der Waals surface area contributed by atoms with Crippen LogP contribution in [0.4, 0.5) is 4.79 Å². The van der Waals surface area contributed by atoms with Gasteiger partial charge in [0.2, 0.25) is 18.6 Å². The van der Waals surface area contributed by atoms with Gasteiger partial charge < -0.3 is 33.9 Å². The molecule has 2 aliphatic rings. The lowest BCUT2D eigenvalue weighted by molar-refractivity contribution is -0.135. The molecule has 2 aliphatic heterocycles. The van der Waals surface area contributed by atoms with E-state index >= 15 is 0 Å². The minimum atomic E-state index is -0.420. The first-order valence-electron chi connectivity index (χ1n) is 11.7. The van der Waals surface area contributed by atoms with Crippen molar-refractivity contribution >= 4 is 12.0 Å². The number of carbonyl (C=O) groups excluding carboxylic acids is 2. The first kappa shape index (κ1) is 23.7. The Morgan fingerprint density at radius 1 is 1.22 bits per heavy atom. The number of aromatic nitrogens is 4. The fourth-order valence-electron chi connectivity index (χ4n) is 4.59. The molecule has 12 nitrogen and oxygen atoms in total. The SMILES string of the molecule is COC(=O)N1CCN(C(=O)CNCc2ccc3c(c2)OCO3)C(c2nc(-n3ccnc3)n(C)c2C)C1. The average molecular weight is 496 g/mol. The number of hydrogen-bond acceptors (Lipinski definition) is 8. The molecule has 0 aliphatic carbocycles. The van der Waals surface area contributed by atoms with E-state index < -0.39 is 12.1 Å². The summed E-state index contributed by atoms with van der Waals surface area (Å²) in [6.45, 7) is 3.88. The summed E-state index contributed by atoms with van der Waals surface area (Å²) in [4.78, 5) is 38.0. The number of fused-ring (bicyclic) bond motifs is 1. The molecule has 5 rings (SSSR count). The second-order valence-corrected chi connectivity index (χ2v) is 8.72. The number of carbonyl (C=O) groups is 2. The van der Waals surface area contributed by atoms with E-state index in [1.807, 2.05) is 47.5 Å². The maximum atomic E-state index is 13.4. The van der Waals surface area contributed by atoms with E-state index in [1.165, 1.54) is 7.11 Å². The Hall–Kier alpha value is -4.06. The van der Waals surface area contributed by atoms with Gasteiger partial charge in [-0.2, -0.15) is 0 Å². The lowest BCUT2D eigenvalue weighted by atomic mass is 10.1. The molecule has 2 aromatic heterocycles. The van der Waals surface area contributed by atoms with Crippen molar-refractivity contribution in [3.63, 3.8) is 0 Å². The van der Waals surface area contributed by atoms with Gasteiger partial charge in [-0.25, -0.2) is 14.8 Å². The standard InChI is InChI=1S/C24H29N7O5/c1-16-22(27-23(28(16)2)30-7-6-25-14-30)18-13-29(24(33)34-3)8-9-31(18)21(32)12-26-11-17-4-5-19-20(10-17)36-15-35-19/h4-7,10,14,18,26H,8-9,11-13,15H2,1-3H3. The minimum Gasteiger partial charge on any atom is -0.454 e. The zero-order chi connectivity index (χ0) is 25.2. The van der Waals surface area contributed by atoms with Gasteiger partial charge in [0.05, 0.1) is 31.9 Å². The molecule has 190 valence electrons. The van der Waals surface area contributed by atoms with Crippen molar-refractivity contribution in [1.29, 1.82) is 0 Å². The van der Waals surface area contributed by atoms with Crippen LogP contribution in [0.15, 0.2) is 36.9 Å². The third-order valence-electron chi connectivity index (χ3n) is 6.62. The van der Waals surface area contributed by atoms with Gasteiger partial charge in [-0.3, -0.25) is 9.36 Å². The predicted molar refractivity (Wildman–Crippen MR) is 128 cm³/mol. The first-order valence-corrected chi connectivity index (χ1v) is 11.7. The van der Waals surface area contributed by atoms with Crippen molar-refractivity contribution in [2.45, 2.75) is 19.5 Å². The van der Waals surface area contributed by atoms with Gasteiger partial charge in [-0.1, -0.05) is 6.07 Å². The van der Waals surface area contributed by atoms with Gasteiger partial charge >= 0.3 is 6.09 Å². The van der Waals surface area contributed by atoms with Crippen molar-refractivity contribution in [3.05, 3.63) is 53.9 Å². The molecule has 1 aromatic carbocycles. The lowest BCUT2D eigenvalue weighted by Gasteiger charge is -2.40. The molecule has 0 spiro atoms. The lowest BCUT2D eigenvalue weighted by Crippen LogP contribution is -2.54. The first-order chi connectivity index (χ1) is 17.5. The third-order valence-corrected chi connectivity index (χ3v) is 6.62. The van der Waals surface area contributed by atoms with E-state index in [-0.39, 0.29) is 19.2 Å². The minimum absolute atomic E-state index is 0.0699. The molecule has 1 atom stereocenters. The Bertz CT molecular complexity index is 1260. The van der Waals surface area contributed by atoms with Crippen LogP contribution in [0, 0.1) is 6.92 Å². The van der Waals surface area contributed by atoms with Gasteiger partial charge in [0.15, 0.2) is 11.5 Å². The smallest absolute Gasteiger partial charge is 0.409 e. The molecule has 3 aromatic rings. The van der Waals surface area contributed by atoms with Crippen LogP contribution >= 0.6 is 0 Å². The highest BCUT2D eigenvalue weighted by Gasteiger charge is 2.36. The molecule has 0 bridgehead atoms. The van der Waals surface area contributed by atoms with Crippen molar-refractivity contribution in [2.24, 2.45) is 7.05 Å². The Balaban J connectivity index is 1.33. The Morgan fingerprint density at radius 2 is 2.06 bits per heavy atom. The highest BCUT2D eigenvalue weighted by molar-refractivity contribution is 5.79. The molecule has 36 heavy (non-hydrogen) atoms. The summed E-state index contributed by atoms with van der Waals surface area (Å²) in [5.41, 5.74) is 2.63. The Morgan fingerprint density at radius 3 is 2.83 bits per heavy atom. The average Bonchev–Trinajstić information content (AvgIpc) is 3.64. The van der Waals surface area contributed by atoms with Crippen molar-refractivity contribution in [2.75, 3.05) is 40.1 Å². The predicted octanol–water partition coefficient (Wildman–Crippen LogP) is 1.38. The van der Waals surface area contributed by atoms with Crippen LogP contribution in [0.25, 0.3) is 5.95 Å². The molecule has 12 heteroatoms. The normalized spacial score (nSPS) is 16.9. The number of piperazine rings is 1. The fourth-order valence-corrected chi connectivity index (χ4v) is 4.59. The second-order valence-electron chi connectivity index (χ2n) is 8.72. The van der Waals surface area contributed by atoms with Crippen molar-refractivity contribution in [3.8, 4) is 17.4 Å². The van der Waals surface area contributed by atoms with E-state index in [2.05, 4.69) is 10.3 Å². The molecule has 0 saturated carbocycles. The molecule has 1 fully saturated rings. The maximum Gasteiger partial charge on any atom is 0.409 e. The van der Waals surface area contributed by atoms with Crippen molar-refractivity contribution in [1.82, 2.24) is 34.2 Å². The molecule has 0 radical (unpaired) electrons. The molecular weight excluding hydrogens is 466 g/mol. The van der Waals surface area contributed by atoms with Gasteiger partial charge in [0.1, 0.15) is 6.33 Å². The molecule has 2 amide bonds. The number of imidazole rings is 2. The highest BCUT2D eigenvalue weighted by atomic mass is 16.7. The van der Waals surface area contributed by atoms with Crippen LogP contribution < -0.4 is 14.8 Å². The van der Waals surface area contributed by atoms with Crippen LogP contribution in [0.5, 0.6) is 11.5 Å². The number of rotatable bonds is 6. The zero-order valence-electron chi connectivity index (χ0n) is 20.5. The van der Waals surface area contributed by atoms with E-state index in [0.29, 0.717) is 37.9 Å². The molecular formula is C24H29N7O5. The van der Waals surface area contributed by atoms with Crippen LogP contribution in [0.3, 0.4) is 0 Å². The van der Waals surface area contributed by atoms with E-state index in [1.54, 1.807) is 22.3 Å². The number of nitrogens with zero attached hydrogens (tertiary/aromatic N) is 6. The topological polar surface area (TPSA) is 116 Å². The quantitative estimate of drug-likeness (QED) is 0.545. The summed E-state index contributed by atoms with van der Waals surface area (Å²) in [5, 5.41) is 3.23. The highest BCUT2D eigenvalue weighted by Crippen LogP contribution is 2.32. The van der Waals surface area contributed by atoms with Crippen LogP contribution in [-0.4, -0.2) is 81.0 Å². The van der Waals surface area contributed by atoms with Crippen LogP contribution in [0.1, 0.15) is 23.0 Å². The monoisotopic (exact) mass is 495 g/mol. The van der Waals surface area contributed by atoms with E-state index in [4.69, 9.17) is 19.2 Å². The van der Waals surface area contributed by atoms with Gasteiger partial charge in [-0.15, -0.1) is 0 Å². The summed E-state index contributed by atoms with van der Waals surface area (Å²) in [5.74, 6) is 2.05. The molecule has 1 saturated heterocycles. The number of hydrogen-bond donors (Lipinski definition) is 1. The van der Waals surface area contributed by atoms with E-state index in [9.17, 15) is 9.59 Å². The van der Waals surface area contributed by atoms with Crippen molar-refractivity contribution < 1.29 is 23.8 Å².